The minimum Gasteiger partial charge on any atom is -0.378 e. The Kier molecular flexibility index (Phi) is 4.55. The fraction of sp³-hybridized carbons (Fsp3) is 1.00. The lowest BCUT2D eigenvalue weighted by Crippen LogP contribution is -2.60. The lowest BCUT2D eigenvalue weighted by molar-refractivity contribution is -0.0734. The maximum absolute atomic E-state index is 11.7. The maximum Gasteiger partial charge on any atom is 0.151 e. The standard InChI is InChI=1S/C13H26N2O3S/c1-3-12-8-13(10-14,5-6-18-12)15(2)11-4-7-19(16,17)9-11/h11-12H,3-10,14H2,1-2H3. The summed E-state index contributed by atoms with van der Waals surface area (Å²) < 4.78 is 29.1. The molecule has 19 heavy (non-hydrogen) atoms. The molecule has 2 N–H and O–H groups in total. The topological polar surface area (TPSA) is 72.6 Å². The first kappa shape index (κ1) is 15.2. The molecule has 0 aromatic carbocycles. The van der Waals surface area contributed by atoms with Crippen LogP contribution in [0, 0.1) is 0 Å². The van der Waals surface area contributed by atoms with E-state index >= 15 is 0 Å². The van der Waals surface area contributed by atoms with Crippen LogP contribution in [0.3, 0.4) is 0 Å². The van der Waals surface area contributed by atoms with Gasteiger partial charge in [-0.3, -0.25) is 4.90 Å². The average Bonchev–Trinajstić information content (AvgIpc) is 2.78. The summed E-state index contributed by atoms with van der Waals surface area (Å²) in [7, 11) is -0.809. The van der Waals surface area contributed by atoms with E-state index in [1.807, 2.05) is 7.05 Å². The van der Waals surface area contributed by atoms with Gasteiger partial charge in [0, 0.05) is 24.7 Å². The van der Waals surface area contributed by atoms with E-state index in [1.54, 1.807) is 0 Å². The smallest absolute Gasteiger partial charge is 0.151 e. The van der Waals surface area contributed by atoms with Crippen molar-refractivity contribution in [1.29, 1.82) is 0 Å². The molecule has 2 saturated heterocycles. The van der Waals surface area contributed by atoms with Crippen molar-refractivity contribution in [3.8, 4) is 0 Å². The van der Waals surface area contributed by atoms with E-state index in [-0.39, 0.29) is 23.4 Å². The predicted molar refractivity (Wildman–Crippen MR) is 75.9 cm³/mol. The zero-order valence-corrected chi connectivity index (χ0v) is 12.8. The van der Waals surface area contributed by atoms with E-state index in [4.69, 9.17) is 10.5 Å². The molecule has 3 atom stereocenters. The molecule has 0 radical (unpaired) electrons. The highest BCUT2D eigenvalue weighted by molar-refractivity contribution is 7.91. The second kappa shape index (κ2) is 5.68. The van der Waals surface area contributed by atoms with Crippen LogP contribution in [-0.4, -0.2) is 62.7 Å². The fourth-order valence-electron chi connectivity index (χ4n) is 3.38. The molecule has 0 aromatic rings. The van der Waals surface area contributed by atoms with Crippen molar-refractivity contribution in [3.05, 3.63) is 0 Å². The summed E-state index contributed by atoms with van der Waals surface area (Å²) in [5.41, 5.74) is 5.95. The zero-order chi connectivity index (χ0) is 14.1. The molecule has 2 aliphatic heterocycles. The second-order valence-corrected chi connectivity index (χ2v) is 8.18. The molecular formula is C13H26N2O3S. The summed E-state index contributed by atoms with van der Waals surface area (Å²) in [6.45, 7) is 3.41. The van der Waals surface area contributed by atoms with Gasteiger partial charge in [-0.15, -0.1) is 0 Å². The number of rotatable bonds is 4. The van der Waals surface area contributed by atoms with E-state index in [0.717, 1.165) is 32.3 Å². The fourth-order valence-corrected chi connectivity index (χ4v) is 5.15. The van der Waals surface area contributed by atoms with Crippen molar-refractivity contribution in [2.75, 3.05) is 31.7 Å². The Morgan fingerprint density at radius 2 is 2.21 bits per heavy atom. The van der Waals surface area contributed by atoms with E-state index in [1.165, 1.54) is 0 Å². The molecule has 0 bridgehead atoms. The summed E-state index contributed by atoms with van der Waals surface area (Å²) >= 11 is 0. The van der Waals surface area contributed by atoms with Gasteiger partial charge in [-0.2, -0.15) is 0 Å². The highest BCUT2D eigenvalue weighted by Gasteiger charge is 2.44. The molecule has 2 heterocycles. The van der Waals surface area contributed by atoms with Gasteiger partial charge in [-0.25, -0.2) is 8.42 Å². The van der Waals surface area contributed by atoms with Crippen LogP contribution in [-0.2, 0) is 14.6 Å². The molecule has 5 nitrogen and oxygen atoms in total. The van der Waals surface area contributed by atoms with Crippen LogP contribution in [0.4, 0.5) is 0 Å². The molecular weight excluding hydrogens is 264 g/mol. The first-order valence-electron chi connectivity index (χ1n) is 7.17. The van der Waals surface area contributed by atoms with Crippen molar-refractivity contribution in [1.82, 2.24) is 4.90 Å². The van der Waals surface area contributed by atoms with Crippen LogP contribution in [0.5, 0.6) is 0 Å². The van der Waals surface area contributed by atoms with E-state index in [9.17, 15) is 8.42 Å². The monoisotopic (exact) mass is 290 g/mol. The van der Waals surface area contributed by atoms with E-state index in [0.29, 0.717) is 12.3 Å². The van der Waals surface area contributed by atoms with Gasteiger partial charge < -0.3 is 10.5 Å². The third-order valence-electron chi connectivity index (χ3n) is 4.87. The predicted octanol–water partition coefficient (Wildman–Crippen LogP) is 0.392. The van der Waals surface area contributed by atoms with Gasteiger partial charge in [0.05, 0.1) is 17.6 Å². The van der Waals surface area contributed by atoms with Crippen LogP contribution in [0.15, 0.2) is 0 Å². The molecule has 6 heteroatoms. The molecule has 2 rings (SSSR count). The molecule has 0 amide bonds. The van der Waals surface area contributed by atoms with Crippen molar-refractivity contribution in [2.24, 2.45) is 5.73 Å². The Balaban J connectivity index is 2.12. The van der Waals surface area contributed by atoms with Gasteiger partial charge >= 0.3 is 0 Å². The van der Waals surface area contributed by atoms with Gasteiger partial charge in [0.15, 0.2) is 9.84 Å². The van der Waals surface area contributed by atoms with Gasteiger partial charge in [-0.1, -0.05) is 6.92 Å². The third kappa shape index (κ3) is 3.12. The van der Waals surface area contributed by atoms with Gasteiger partial charge in [0.25, 0.3) is 0 Å². The first-order valence-corrected chi connectivity index (χ1v) is 8.99. The van der Waals surface area contributed by atoms with Gasteiger partial charge in [0.2, 0.25) is 0 Å². The summed E-state index contributed by atoms with van der Waals surface area (Å²) in [6.07, 6.45) is 3.77. The highest BCUT2D eigenvalue weighted by Crippen LogP contribution is 2.34. The second-order valence-electron chi connectivity index (χ2n) is 5.95. The van der Waals surface area contributed by atoms with Crippen LogP contribution in [0.2, 0.25) is 0 Å². The first-order chi connectivity index (χ1) is 8.92. The molecule has 0 aromatic heterocycles. The summed E-state index contributed by atoms with van der Waals surface area (Å²) in [6, 6.07) is 0.115. The molecule has 0 aliphatic carbocycles. The minimum atomic E-state index is -2.85. The van der Waals surface area contributed by atoms with Crippen LogP contribution in [0.1, 0.15) is 32.6 Å². The lowest BCUT2D eigenvalue weighted by Gasteiger charge is -2.48. The van der Waals surface area contributed by atoms with Crippen LogP contribution in [0.25, 0.3) is 0 Å². The maximum atomic E-state index is 11.7. The number of ether oxygens (including phenoxy) is 1. The van der Waals surface area contributed by atoms with Crippen molar-refractivity contribution < 1.29 is 13.2 Å². The SMILES string of the molecule is CCC1CC(CN)(N(C)C2CCS(=O)(=O)C2)CCO1. The van der Waals surface area contributed by atoms with Crippen molar-refractivity contribution in [3.63, 3.8) is 0 Å². The summed E-state index contributed by atoms with van der Waals surface area (Å²) in [5, 5.41) is 0. The quantitative estimate of drug-likeness (QED) is 0.811. The highest BCUT2D eigenvalue weighted by atomic mass is 32.2. The zero-order valence-electron chi connectivity index (χ0n) is 12.0. The number of hydrogen-bond acceptors (Lipinski definition) is 5. The normalized spacial score (nSPS) is 38.7. The molecule has 3 unspecified atom stereocenters. The molecule has 2 aliphatic rings. The van der Waals surface area contributed by atoms with Crippen molar-refractivity contribution in [2.45, 2.75) is 50.3 Å². The van der Waals surface area contributed by atoms with E-state index in [2.05, 4.69) is 11.8 Å². The number of likely N-dealkylation sites (N-methyl/N-ethyl adjacent to an activating group) is 1. The number of sulfone groups is 1. The van der Waals surface area contributed by atoms with E-state index < -0.39 is 9.84 Å². The number of nitrogens with zero attached hydrogens (tertiary/aromatic N) is 1. The molecule has 2 fully saturated rings. The Bertz CT molecular complexity index is 412. The lowest BCUT2D eigenvalue weighted by atomic mass is 9.83. The van der Waals surface area contributed by atoms with Gasteiger partial charge in [-0.05, 0) is 32.7 Å². The molecule has 0 saturated carbocycles. The Labute approximate surface area is 116 Å². The number of nitrogens with two attached hydrogens (primary N) is 1. The van der Waals surface area contributed by atoms with Gasteiger partial charge in [0.1, 0.15) is 0 Å². The van der Waals surface area contributed by atoms with Crippen LogP contribution < -0.4 is 5.73 Å². The van der Waals surface area contributed by atoms with Crippen molar-refractivity contribution >= 4 is 9.84 Å². The summed E-state index contributed by atoms with van der Waals surface area (Å²) in [5.74, 6) is 0.596. The Morgan fingerprint density at radius 3 is 2.74 bits per heavy atom. The molecule has 0 spiro atoms. The number of hydrogen-bond donors (Lipinski definition) is 1. The largest absolute Gasteiger partial charge is 0.378 e. The summed E-state index contributed by atoms with van der Waals surface area (Å²) in [4.78, 5) is 2.24. The van der Waals surface area contributed by atoms with Crippen LogP contribution >= 0.6 is 0 Å². The average molecular weight is 290 g/mol. The third-order valence-corrected chi connectivity index (χ3v) is 6.62. The minimum absolute atomic E-state index is 0.0938. The Morgan fingerprint density at radius 1 is 1.47 bits per heavy atom. The Hall–Kier alpha value is -0.170. The molecule has 112 valence electrons.